The van der Waals surface area contributed by atoms with Gasteiger partial charge in [0, 0.05) is 39.5 Å². The molecule has 1 aromatic carbocycles. The molecule has 2 atom stereocenters. The minimum absolute atomic E-state index is 0.0402. The van der Waals surface area contributed by atoms with Crippen molar-refractivity contribution < 1.29 is 29.1 Å². The maximum Gasteiger partial charge on any atom is 0.337 e. The van der Waals surface area contributed by atoms with Crippen molar-refractivity contribution in [1.82, 2.24) is 15.3 Å². The zero-order valence-electron chi connectivity index (χ0n) is 23.6. The second-order valence-corrected chi connectivity index (χ2v) is 11.9. The summed E-state index contributed by atoms with van der Waals surface area (Å²) in [6, 6.07) is 6.19. The van der Waals surface area contributed by atoms with Crippen LogP contribution in [0, 0.1) is 17.3 Å². The lowest BCUT2D eigenvalue weighted by molar-refractivity contribution is -0.143. The van der Waals surface area contributed by atoms with Crippen LogP contribution in [0.3, 0.4) is 0 Å². The normalized spacial score (nSPS) is 18.8. The van der Waals surface area contributed by atoms with Gasteiger partial charge in [0.2, 0.25) is 11.8 Å². The predicted molar refractivity (Wildman–Crippen MR) is 144 cm³/mol. The van der Waals surface area contributed by atoms with Crippen LogP contribution < -0.4 is 10.1 Å². The topological polar surface area (TPSA) is 108 Å². The maximum absolute atomic E-state index is 13.6. The largest absolute Gasteiger partial charge is 0.490 e. The van der Waals surface area contributed by atoms with Crippen LogP contribution in [0.15, 0.2) is 24.3 Å². The van der Waals surface area contributed by atoms with E-state index in [1.807, 2.05) is 25.7 Å². The summed E-state index contributed by atoms with van der Waals surface area (Å²) in [7, 11) is 2.90. The third kappa shape index (κ3) is 8.43. The van der Waals surface area contributed by atoms with Gasteiger partial charge in [-0.1, -0.05) is 46.5 Å². The Bertz CT molecular complexity index is 929. The minimum atomic E-state index is -0.659. The molecule has 2 amide bonds. The van der Waals surface area contributed by atoms with Crippen LogP contribution in [0.2, 0.25) is 0 Å². The lowest BCUT2D eigenvalue weighted by Crippen LogP contribution is -2.58. The molecule has 2 fully saturated rings. The number of esters is 1. The number of hydroxylamine groups is 2. The summed E-state index contributed by atoms with van der Waals surface area (Å²) in [4.78, 5) is 40.5. The molecule has 0 aromatic heterocycles. The molecular weight excluding hydrogens is 486 g/mol. The lowest BCUT2D eigenvalue weighted by atomic mass is 9.84. The fourth-order valence-corrected chi connectivity index (χ4v) is 5.50. The quantitative estimate of drug-likeness (QED) is 0.348. The Kier molecular flexibility index (Phi) is 10.6. The minimum Gasteiger partial charge on any atom is -0.490 e. The van der Waals surface area contributed by atoms with Crippen LogP contribution >= 0.6 is 0 Å². The average Bonchev–Trinajstić information content (AvgIpc) is 3.39. The molecule has 1 saturated heterocycles. The molecule has 1 aromatic rings. The third-order valence-corrected chi connectivity index (χ3v) is 7.68. The first-order valence-corrected chi connectivity index (χ1v) is 13.8. The van der Waals surface area contributed by atoms with Gasteiger partial charge in [-0.05, 0) is 42.0 Å². The molecule has 3 rings (SSSR count). The van der Waals surface area contributed by atoms with Crippen LogP contribution in [0.1, 0.15) is 76.1 Å². The van der Waals surface area contributed by atoms with Crippen molar-refractivity contribution in [2.45, 2.75) is 77.9 Å². The van der Waals surface area contributed by atoms with Crippen molar-refractivity contribution in [3.63, 3.8) is 0 Å². The first kappa shape index (κ1) is 29.9. The number of nitrogens with one attached hydrogen (secondary N) is 1. The van der Waals surface area contributed by atoms with Gasteiger partial charge < -0.3 is 24.9 Å². The van der Waals surface area contributed by atoms with Crippen molar-refractivity contribution in [2.24, 2.45) is 17.3 Å². The molecule has 1 aliphatic heterocycles. The molecule has 38 heavy (non-hydrogen) atoms. The van der Waals surface area contributed by atoms with Gasteiger partial charge in [0.25, 0.3) is 0 Å². The van der Waals surface area contributed by atoms with E-state index in [0.717, 1.165) is 24.3 Å². The highest BCUT2D eigenvalue weighted by Crippen LogP contribution is 2.31. The highest BCUT2D eigenvalue weighted by molar-refractivity contribution is 5.90. The first-order chi connectivity index (χ1) is 18.0. The van der Waals surface area contributed by atoms with E-state index in [1.165, 1.54) is 20.0 Å². The molecule has 0 unspecified atom stereocenters. The Hall–Kier alpha value is -2.65. The molecule has 1 aliphatic carbocycles. The Morgan fingerprint density at radius 2 is 1.68 bits per heavy atom. The molecule has 212 valence electrons. The molecular formula is C29H45N3O6. The number of carbonyl (C=O) groups excluding carboxylic acids is 3. The van der Waals surface area contributed by atoms with Crippen LogP contribution in [-0.2, 0) is 14.3 Å². The van der Waals surface area contributed by atoms with Crippen molar-refractivity contribution >= 4 is 17.8 Å². The van der Waals surface area contributed by atoms with E-state index in [4.69, 9.17) is 9.47 Å². The van der Waals surface area contributed by atoms with E-state index >= 15 is 0 Å². The number of amides is 2. The van der Waals surface area contributed by atoms with Gasteiger partial charge in [0.15, 0.2) is 0 Å². The highest BCUT2D eigenvalue weighted by atomic mass is 16.5. The molecule has 9 nitrogen and oxygen atoms in total. The van der Waals surface area contributed by atoms with Crippen LogP contribution in [0.4, 0.5) is 0 Å². The number of carbonyl (C=O) groups is 3. The van der Waals surface area contributed by atoms with Gasteiger partial charge in [-0.15, -0.1) is 0 Å². The summed E-state index contributed by atoms with van der Waals surface area (Å²) >= 11 is 0. The summed E-state index contributed by atoms with van der Waals surface area (Å²) in [6.45, 7) is 7.22. The number of hydrogen-bond acceptors (Lipinski definition) is 7. The summed E-state index contributed by atoms with van der Waals surface area (Å²) in [5.74, 6) is 0.158. The standard InChI is InChI=1S/C29H45N3O6/c1-29(2,3)25(30-26(33)22(19-31(4)36)18-20-8-6-7-9-20)27(34)32-16-14-24(15-17-32)38-23-12-10-21(11-13-23)28(35)37-5/h10-13,20,22,24-25,36H,6-9,14-19H2,1-5H3,(H,30,33)/t22-,25-/m1/s1. The van der Waals surface area contributed by atoms with Crippen LogP contribution in [-0.4, -0.2) is 78.9 Å². The maximum atomic E-state index is 13.6. The highest BCUT2D eigenvalue weighted by Gasteiger charge is 2.39. The van der Waals surface area contributed by atoms with Gasteiger partial charge >= 0.3 is 5.97 Å². The fraction of sp³-hybridized carbons (Fsp3) is 0.690. The second-order valence-electron chi connectivity index (χ2n) is 11.9. The SMILES string of the molecule is COC(=O)c1ccc(OC2CCN(C(=O)[C@@H](NC(=O)[C@H](CC3CCCC3)CN(C)O)C(C)(C)C)CC2)cc1. The Morgan fingerprint density at radius 1 is 1.08 bits per heavy atom. The van der Waals surface area contributed by atoms with Gasteiger partial charge in [-0.2, -0.15) is 5.06 Å². The fourth-order valence-electron chi connectivity index (χ4n) is 5.50. The van der Waals surface area contributed by atoms with Crippen molar-refractivity contribution in [1.29, 1.82) is 0 Å². The van der Waals surface area contributed by atoms with Crippen molar-refractivity contribution in [3.8, 4) is 5.75 Å². The Morgan fingerprint density at radius 3 is 2.21 bits per heavy atom. The van der Waals surface area contributed by atoms with Crippen molar-refractivity contribution in [3.05, 3.63) is 29.8 Å². The second kappa shape index (κ2) is 13.4. The van der Waals surface area contributed by atoms with E-state index in [1.54, 1.807) is 31.3 Å². The van der Waals surface area contributed by atoms with Gasteiger partial charge in [-0.3, -0.25) is 9.59 Å². The number of rotatable bonds is 10. The van der Waals surface area contributed by atoms with Crippen LogP contribution in [0.5, 0.6) is 5.75 Å². The van der Waals surface area contributed by atoms with Crippen molar-refractivity contribution in [2.75, 3.05) is 33.8 Å². The summed E-state index contributed by atoms with van der Waals surface area (Å²) < 4.78 is 10.8. The zero-order chi connectivity index (χ0) is 27.9. The predicted octanol–water partition coefficient (Wildman–Crippen LogP) is 3.89. The average molecular weight is 532 g/mol. The Balaban J connectivity index is 1.58. The van der Waals surface area contributed by atoms with E-state index in [2.05, 4.69) is 5.32 Å². The molecule has 2 N–H and O–H groups in total. The molecule has 9 heteroatoms. The number of ether oxygens (including phenoxy) is 2. The Labute approximate surface area is 226 Å². The number of likely N-dealkylation sites (tertiary alicyclic amines) is 1. The van der Waals surface area contributed by atoms with Gasteiger partial charge in [0.1, 0.15) is 17.9 Å². The smallest absolute Gasteiger partial charge is 0.337 e. The number of hydrogen-bond donors (Lipinski definition) is 2. The molecule has 0 bridgehead atoms. The van der Waals surface area contributed by atoms with E-state index < -0.39 is 17.4 Å². The number of benzene rings is 1. The first-order valence-electron chi connectivity index (χ1n) is 13.8. The molecule has 0 radical (unpaired) electrons. The molecule has 0 spiro atoms. The zero-order valence-corrected chi connectivity index (χ0v) is 23.6. The summed E-state index contributed by atoms with van der Waals surface area (Å²) in [5.41, 5.74) is -0.00327. The monoisotopic (exact) mass is 531 g/mol. The van der Waals surface area contributed by atoms with E-state index in [0.29, 0.717) is 43.2 Å². The summed E-state index contributed by atoms with van der Waals surface area (Å²) in [6.07, 6.45) is 6.65. The van der Waals surface area contributed by atoms with E-state index in [-0.39, 0.29) is 30.4 Å². The molecule has 1 heterocycles. The van der Waals surface area contributed by atoms with E-state index in [9.17, 15) is 19.6 Å². The van der Waals surface area contributed by atoms with Gasteiger partial charge in [0.05, 0.1) is 18.6 Å². The van der Waals surface area contributed by atoms with Crippen LogP contribution in [0.25, 0.3) is 0 Å². The van der Waals surface area contributed by atoms with Gasteiger partial charge in [-0.25, -0.2) is 4.79 Å². The number of nitrogens with zero attached hydrogens (tertiary/aromatic N) is 2. The molecule has 2 aliphatic rings. The third-order valence-electron chi connectivity index (χ3n) is 7.68. The lowest BCUT2D eigenvalue weighted by Gasteiger charge is -2.39. The number of piperidine rings is 1. The number of methoxy groups -OCH3 is 1. The summed E-state index contributed by atoms with van der Waals surface area (Å²) in [5, 5.41) is 14.0. The molecule has 1 saturated carbocycles.